The number of aliphatic carboxylic acids is 1. The van der Waals surface area contributed by atoms with E-state index in [-0.39, 0.29) is 29.6 Å². The van der Waals surface area contributed by atoms with Gasteiger partial charge in [0.15, 0.2) is 0 Å². The normalized spacial score (nSPS) is 9.67. The maximum atomic E-state index is 9.45. The Bertz CT molecular complexity index is 70.1. The standard InChI is InChI=1S/C3H6O3.Al.ClH.Na.3H/c1-2(4)3(5)6;;;;;;/h2,4H,1H3,(H,5,6);;1H;;;;/q;+1;;;;;/p-1. The molecule has 1 atom stereocenters. The summed E-state index contributed by atoms with van der Waals surface area (Å²) in [6, 6.07) is 0. The van der Waals surface area contributed by atoms with Crippen molar-refractivity contribution in [3.63, 3.8) is 0 Å². The van der Waals surface area contributed by atoms with Crippen molar-refractivity contribution in [2.75, 3.05) is 0 Å². The molecule has 0 fully saturated rings. The van der Waals surface area contributed by atoms with E-state index in [0.717, 1.165) is 15.4 Å². The van der Waals surface area contributed by atoms with Crippen LogP contribution in [0.4, 0.5) is 0 Å². The van der Waals surface area contributed by atoms with Crippen LogP contribution in [0.1, 0.15) is 6.92 Å². The second kappa shape index (κ2) is 12.0. The number of rotatable bonds is 1. The van der Waals surface area contributed by atoms with E-state index in [4.69, 9.17) is 20.3 Å². The van der Waals surface area contributed by atoms with E-state index in [2.05, 4.69) is 0 Å². The number of carboxylic acids is 1. The summed E-state index contributed by atoms with van der Waals surface area (Å²) < 4.78 is 0. The summed E-state index contributed by atoms with van der Waals surface area (Å²) in [5, 5.41) is 15.8. The van der Waals surface area contributed by atoms with Crippen LogP contribution in [0.2, 0.25) is 0 Å². The zero-order valence-corrected chi connectivity index (χ0v) is 7.51. The van der Waals surface area contributed by atoms with Gasteiger partial charge in [0.1, 0.15) is 6.10 Å². The zero-order chi connectivity index (χ0) is 7.15. The Morgan fingerprint density at radius 3 is 1.78 bits per heavy atom. The fourth-order valence-corrected chi connectivity index (χ4v) is 0. The third kappa shape index (κ3) is 17.6. The van der Waals surface area contributed by atoms with Gasteiger partial charge in [-0.05, 0) is 6.92 Å². The average molecular weight is 179 g/mol. The molecule has 3 nitrogen and oxygen atoms in total. The number of carbonyl (C=O) groups is 1. The molecule has 0 spiro atoms. The van der Waals surface area contributed by atoms with Gasteiger partial charge < -0.3 is 10.2 Å². The van der Waals surface area contributed by atoms with Gasteiger partial charge in [-0.1, -0.05) is 0 Å². The molecule has 0 rings (SSSR count). The van der Waals surface area contributed by atoms with Gasteiger partial charge in [-0.3, -0.25) is 10.0 Å². The van der Waals surface area contributed by atoms with Crippen LogP contribution in [0.5, 0.6) is 0 Å². The Kier molecular flexibility index (Phi) is 22.2. The first-order valence-corrected chi connectivity index (χ1v) is 4.95. The third-order valence-corrected chi connectivity index (χ3v) is 0.357. The first-order chi connectivity index (χ1) is 3.64. The SMILES string of the molecule is CC(O)C(=O)O.[AlH2][Cl].[NaH]. The molecule has 0 aromatic heterocycles. The predicted molar refractivity (Wildman–Crippen MR) is 40.9 cm³/mol. The van der Waals surface area contributed by atoms with Crippen LogP contribution in [0, 0.1) is 0 Å². The Hall–Kier alpha value is 1.25. The summed E-state index contributed by atoms with van der Waals surface area (Å²) in [4.78, 5) is 9.45. The monoisotopic (exact) mass is 178 g/mol. The molecule has 0 saturated carbocycles. The van der Waals surface area contributed by atoms with Crippen LogP contribution in [-0.2, 0) is 4.79 Å². The van der Waals surface area contributed by atoms with E-state index < -0.39 is 12.1 Å². The van der Waals surface area contributed by atoms with Crippen molar-refractivity contribution in [2.45, 2.75) is 13.0 Å². The molecule has 0 aliphatic carbocycles. The summed E-state index contributed by atoms with van der Waals surface area (Å²) >= 11 is 0.778. The first kappa shape index (κ1) is 16.7. The van der Waals surface area contributed by atoms with E-state index in [1.165, 1.54) is 6.92 Å². The minimum absolute atomic E-state index is 0. The molecule has 0 saturated heterocycles. The number of hydrogen-bond acceptors (Lipinski definition) is 2. The van der Waals surface area contributed by atoms with Gasteiger partial charge in [0, 0.05) is 0 Å². The van der Waals surface area contributed by atoms with Crippen LogP contribution < -0.4 is 0 Å². The first-order valence-electron chi connectivity index (χ1n) is 1.93. The van der Waals surface area contributed by atoms with Crippen molar-refractivity contribution in [2.24, 2.45) is 0 Å². The van der Waals surface area contributed by atoms with Crippen molar-refractivity contribution in [1.29, 1.82) is 0 Å². The van der Waals surface area contributed by atoms with Crippen molar-refractivity contribution in [3.05, 3.63) is 0 Å². The topological polar surface area (TPSA) is 57.5 Å². The zero-order valence-electron chi connectivity index (χ0n) is 4.76. The minimum atomic E-state index is -1.23. The molecular weight excluding hydrogens is 169 g/mol. The number of carboxylic acid groups (broad SMARTS) is 1. The molecule has 0 heterocycles. The molecular formula is C3H9AlClNaO3. The second-order valence-corrected chi connectivity index (χ2v) is 1.01. The molecule has 0 aromatic carbocycles. The molecule has 6 heteroatoms. The van der Waals surface area contributed by atoms with Gasteiger partial charge in [0.2, 0.25) is 0 Å². The van der Waals surface area contributed by atoms with Gasteiger partial charge in [-0.2, -0.15) is 0 Å². The van der Waals surface area contributed by atoms with E-state index in [0.29, 0.717) is 0 Å². The molecule has 2 N–H and O–H groups in total. The Labute approximate surface area is 88.3 Å². The summed E-state index contributed by atoms with van der Waals surface area (Å²) in [6.07, 6.45) is -1.23. The van der Waals surface area contributed by atoms with Crippen LogP contribution in [-0.4, -0.2) is 67.2 Å². The second-order valence-electron chi connectivity index (χ2n) is 1.01. The van der Waals surface area contributed by atoms with Crippen LogP contribution in [0.25, 0.3) is 0 Å². The number of aliphatic hydroxyl groups is 1. The Balaban J connectivity index is -0.000000109. The van der Waals surface area contributed by atoms with Crippen LogP contribution >= 0.6 is 10.0 Å². The Morgan fingerprint density at radius 2 is 1.78 bits per heavy atom. The van der Waals surface area contributed by atoms with Crippen LogP contribution in [0.3, 0.4) is 0 Å². The maximum absolute atomic E-state index is 9.45. The number of aliphatic hydroxyl groups excluding tert-OH is 1. The molecule has 9 heavy (non-hydrogen) atoms. The predicted octanol–water partition coefficient (Wildman–Crippen LogP) is -1.42. The Morgan fingerprint density at radius 1 is 1.67 bits per heavy atom. The fourth-order valence-electron chi connectivity index (χ4n) is 0. The van der Waals surface area contributed by atoms with Gasteiger partial charge in [0.25, 0.3) is 0 Å². The van der Waals surface area contributed by atoms with Gasteiger partial charge in [-0.25, -0.2) is 4.79 Å². The quantitative estimate of drug-likeness (QED) is 0.485. The van der Waals surface area contributed by atoms with Gasteiger partial charge in [0.05, 0.1) is 0 Å². The molecule has 0 bridgehead atoms. The summed E-state index contributed by atoms with van der Waals surface area (Å²) in [5.74, 6) is -1.19. The van der Waals surface area contributed by atoms with Crippen molar-refractivity contribution >= 4 is 60.9 Å². The molecule has 0 aromatic rings. The molecule has 50 valence electrons. The van der Waals surface area contributed by atoms with Gasteiger partial charge in [-0.15, -0.1) is 0 Å². The summed E-state index contributed by atoms with van der Waals surface area (Å²) in [7, 11) is 4.78. The third-order valence-electron chi connectivity index (χ3n) is 0.357. The van der Waals surface area contributed by atoms with Crippen molar-refractivity contribution in [3.8, 4) is 0 Å². The number of hydrogen-bond donors (Lipinski definition) is 2. The van der Waals surface area contributed by atoms with E-state index in [9.17, 15) is 4.79 Å². The van der Waals surface area contributed by atoms with E-state index in [1.807, 2.05) is 0 Å². The van der Waals surface area contributed by atoms with Crippen LogP contribution in [0.15, 0.2) is 0 Å². The summed E-state index contributed by atoms with van der Waals surface area (Å²) in [6.45, 7) is 1.20. The van der Waals surface area contributed by atoms with E-state index in [1.54, 1.807) is 0 Å². The summed E-state index contributed by atoms with van der Waals surface area (Å²) in [5.41, 5.74) is 0. The number of halogens is 1. The molecule has 0 amide bonds. The molecule has 0 aliphatic rings. The van der Waals surface area contributed by atoms with E-state index >= 15 is 0 Å². The van der Waals surface area contributed by atoms with Gasteiger partial charge >= 0.3 is 50.9 Å². The fraction of sp³-hybridized carbons (Fsp3) is 0.667. The molecule has 0 aliphatic heterocycles. The van der Waals surface area contributed by atoms with Crippen molar-refractivity contribution < 1.29 is 15.0 Å². The molecule has 0 radical (unpaired) electrons. The average Bonchev–Trinajstić information content (AvgIpc) is 1.72. The molecule has 1 unspecified atom stereocenters. The van der Waals surface area contributed by atoms with Crippen molar-refractivity contribution in [1.82, 2.24) is 0 Å².